The van der Waals surface area contributed by atoms with E-state index in [-0.39, 0.29) is 34.9 Å². The van der Waals surface area contributed by atoms with Gasteiger partial charge in [0, 0.05) is 11.7 Å². The molecule has 3 aliphatic rings. The molecule has 2 atom stereocenters. The summed E-state index contributed by atoms with van der Waals surface area (Å²) < 4.78 is 22.9. The van der Waals surface area contributed by atoms with Crippen LogP contribution < -0.4 is 10.6 Å². The van der Waals surface area contributed by atoms with Gasteiger partial charge in [-0.15, -0.1) is 0 Å². The Balaban J connectivity index is 1.46. The highest BCUT2D eigenvalue weighted by atomic mass is 32.2. The lowest BCUT2D eigenvalue weighted by molar-refractivity contribution is 0.0642. The number of amides is 4. The van der Waals surface area contributed by atoms with Crippen LogP contribution in [0.3, 0.4) is 0 Å². The van der Waals surface area contributed by atoms with Crippen molar-refractivity contribution in [3.8, 4) is 0 Å². The van der Waals surface area contributed by atoms with Crippen LogP contribution in [-0.2, 0) is 9.84 Å². The highest BCUT2D eigenvalue weighted by Crippen LogP contribution is 2.35. The van der Waals surface area contributed by atoms with Crippen LogP contribution in [0.25, 0.3) is 0 Å². The van der Waals surface area contributed by atoms with E-state index in [2.05, 4.69) is 10.6 Å². The summed E-state index contributed by atoms with van der Waals surface area (Å²) in [6.07, 6.45) is 0.467. The molecular weight excluding hydrogens is 362 g/mol. The van der Waals surface area contributed by atoms with E-state index in [0.29, 0.717) is 11.3 Å². The van der Waals surface area contributed by atoms with Gasteiger partial charge in [0.25, 0.3) is 11.8 Å². The molecule has 3 N–H and O–H groups in total. The number of hydrogen-bond acceptors (Lipinski definition) is 6. The van der Waals surface area contributed by atoms with E-state index in [1.165, 1.54) is 23.1 Å². The van der Waals surface area contributed by atoms with E-state index in [4.69, 9.17) is 0 Å². The van der Waals surface area contributed by atoms with Crippen molar-refractivity contribution < 1.29 is 27.9 Å². The number of aliphatic hydroxyl groups is 1. The van der Waals surface area contributed by atoms with Crippen LogP contribution >= 0.6 is 0 Å². The zero-order chi connectivity index (χ0) is 18.6. The molecule has 1 saturated carbocycles. The van der Waals surface area contributed by atoms with Gasteiger partial charge in [-0.3, -0.25) is 14.5 Å². The number of nitrogens with zero attached hydrogens (tertiary/aromatic N) is 1. The second kappa shape index (κ2) is 5.78. The Morgan fingerprint density at radius 3 is 2.42 bits per heavy atom. The number of sulfone groups is 1. The Morgan fingerprint density at radius 2 is 1.81 bits per heavy atom. The predicted molar refractivity (Wildman–Crippen MR) is 90.6 cm³/mol. The number of carbonyl (C=O) groups is 3. The zero-order valence-electron chi connectivity index (χ0n) is 13.6. The highest BCUT2D eigenvalue weighted by Gasteiger charge is 2.44. The number of hydrogen-bond donors (Lipinski definition) is 3. The number of fused-ring (bicyclic) bond motifs is 1. The average molecular weight is 379 g/mol. The quantitative estimate of drug-likeness (QED) is 0.619. The number of aliphatic hydroxyl groups excluding tert-OH is 1. The molecule has 1 aromatic rings. The summed E-state index contributed by atoms with van der Waals surface area (Å²) >= 11 is 0. The monoisotopic (exact) mass is 379 g/mol. The van der Waals surface area contributed by atoms with E-state index in [1.807, 2.05) is 0 Å². The van der Waals surface area contributed by atoms with Gasteiger partial charge in [0.2, 0.25) is 0 Å². The van der Waals surface area contributed by atoms with E-state index in [9.17, 15) is 27.9 Å². The summed E-state index contributed by atoms with van der Waals surface area (Å²) in [5.74, 6) is -1.39. The maximum absolute atomic E-state index is 12.4. The molecule has 1 saturated heterocycles. The van der Waals surface area contributed by atoms with Gasteiger partial charge >= 0.3 is 6.03 Å². The van der Waals surface area contributed by atoms with Gasteiger partial charge in [-0.2, -0.15) is 0 Å². The van der Waals surface area contributed by atoms with Crippen LogP contribution in [0.15, 0.2) is 18.2 Å². The molecule has 0 spiro atoms. The first-order valence-electron chi connectivity index (χ1n) is 8.23. The van der Waals surface area contributed by atoms with E-state index >= 15 is 0 Å². The fourth-order valence-corrected chi connectivity index (χ4v) is 5.05. The minimum Gasteiger partial charge on any atom is -0.390 e. The van der Waals surface area contributed by atoms with Gasteiger partial charge in [0.05, 0.1) is 34.8 Å². The molecule has 0 aromatic heterocycles. The van der Waals surface area contributed by atoms with Crippen LogP contribution in [0.4, 0.5) is 10.5 Å². The Hall–Kier alpha value is -2.46. The molecular formula is C16H17N3O6S. The van der Waals surface area contributed by atoms with Crippen molar-refractivity contribution in [3.05, 3.63) is 29.3 Å². The number of urea groups is 1. The largest absolute Gasteiger partial charge is 0.390 e. The maximum atomic E-state index is 12.4. The third-order valence-electron chi connectivity index (χ3n) is 4.73. The van der Waals surface area contributed by atoms with E-state index < -0.39 is 28.0 Å². The van der Waals surface area contributed by atoms with Crippen molar-refractivity contribution >= 4 is 33.4 Å². The molecule has 1 aromatic carbocycles. The van der Waals surface area contributed by atoms with E-state index in [1.54, 1.807) is 0 Å². The number of imide groups is 1. The topological polar surface area (TPSA) is 133 Å². The van der Waals surface area contributed by atoms with Crippen LogP contribution in [0.5, 0.6) is 0 Å². The highest BCUT2D eigenvalue weighted by molar-refractivity contribution is 7.91. The Labute approximate surface area is 149 Å². The summed E-state index contributed by atoms with van der Waals surface area (Å²) in [6.45, 7) is 0. The number of anilines is 1. The molecule has 2 heterocycles. The third-order valence-corrected chi connectivity index (χ3v) is 6.44. The molecule has 26 heavy (non-hydrogen) atoms. The fraction of sp³-hybridized carbons (Fsp3) is 0.438. The van der Waals surface area contributed by atoms with Gasteiger partial charge in [0.15, 0.2) is 9.84 Å². The Kier molecular flexibility index (Phi) is 3.77. The summed E-state index contributed by atoms with van der Waals surface area (Å²) in [5, 5.41) is 14.6. The summed E-state index contributed by atoms with van der Waals surface area (Å²) in [7, 11) is -3.37. The van der Waals surface area contributed by atoms with Gasteiger partial charge in [-0.25, -0.2) is 13.2 Å². The summed E-state index contributed by atoms with van der Waals surface area (Å²) in [4.78, 5) is 38.0. The molecule has 1 aliphatic carbocycles. The van der Waals surface area contributed by atoms with Gasteiger partial charge in [0.1, 0.15) is 0 Å². The molecule has 0 unspecified atom stereocenters. The van der Waals surface area contributed by atoms with Crippen molar-refractivity contribution in [3.63, 3.8) is 0 Å². The first-order chi connectivity index (χ1) is 12.2. The van der Waals surface area contributed by atoms with Crippen molar-refractivity contribution in [2.45, 2.75) is 31.0 Å². The molecule has 138 valence electrons. The van der Waals surface area contributed by atoms with Gasteiger partial charge < -0.3 is 15.7 Å². The Bertz CT molecular complexity index is 924. The number of benzene rings is 1. The maximum Gasteiger partial charge on any atom is 0.319 e. The molecule has 9 nitrogen and oxygen atoms in total. The van der Waals surface area contributed by atoms with Crippen LogP contribution in [0.2, 0.25) is 0 Å². The van der Waals surface area contributed by atoms with Gasteiger partial charge in [-0.1, -0.05) is 0 Å². The molecule has 2 fully saturated rings. The first-order valence-corrected chi connectivity index (χ1v) is 10.1. The molecule has 10 heteroatoms. The SMILES string of the molecule is O=C(Nc1ccc2c(c1)C(=O)N(C1CC1)C2=O)N[C@@H]1CS(=O)(=O)C[C@H]1O. The average Bonchev–Trinajstić information content (AvgIpc) is 3.29. The molecule has 0 radical (unpaired) electrons. The molecule has 4 rings (SSSR count). The lowest BCUT2D eigenvalue weighted by Gasteiger charge is -2.15. The smallest absolute Gasteiger partial charge is 0.319 e. The van der Waals surface area contributed by atoms with Crippen molar-refractivity contribution in [1.82, 2.24) is 10.2 Å². The van der Waals surface area contributed by atoms with Gasteiger partial charge in [-0.05, 0) is 31.0 Å². The molecule has 0 bridgehead atoms. The standard InChI is InChI=1S/C16H17N3O6S/c20-13-7-26(24,25)6-12(13)18-16(23)17-8-1-4-10-11(5-8)15(22)19(14(10)21)9-2-3-9/h1,4-5,9,12-13,20H,2-3,6-7H2,(H2,17,18,23)/t12-,13-/m1/s1. The summed E-state index contributed by atoms with van der Waals surface area (Å²) in [6, 6.07) is 2.81. The normalized spacial score (nSPS) is 26.7. The second-order valence-electron chi connectivity index (χ2n) is 6.82. The lowest BCUT2D eigenvalue weighted by atomic mass is 10.1. The predicted octanol–water partition coefficient (Wildman–Crippen LogP) is -0.276. The van der Waals surface area contributed by atoms with Crippen LogP contribution in [0.1, 0.15) is 33.6 Å². The third kappa shape index (κ3) is 2.95. The van der Waals surface area contributed by atoms with Crippen LogP contribution in [-0.4, -0.2) is 66.0 Å². The number of carbonyl (C=O) groups excluding carboxylic acids is 3. The van der Waals surface area contributed by atoms with Crippen molar-refractivity contribution in [2.24, 2.45) is 0 Å². The minimum absolute atomic E-state index is 0.0343. The fourth-order valence-electron chi connectivity index (χ4n) is 3.30. The lowest BCUT2D eigenvalue weighted by Crippen LogP contribution is -2.44. The number of nitrogens with one attached hydrogen (secondary N) is 2. The van der Waals surface area contributed by atoms with Crippen LogP contribution in [0, 0.1) is 0 Å². The van der Waals surface area contributed by atoms with Crippen molar-refractivity contribution in [2.75, 3.05) is 16.8 Å². The summed E-state index contributed by atoms with van der Waals surface area (Å²) in [5.41, 5.74) is 0.851. The second-order valence-corrected chi connectivity index (χ2v) is 8.97. The molecule has 2 aliphatic heterocycles. The number of rotatable bonds is 3. The molecule has 4 amide bonds. The first kappa shape index (κ1) is 17.0. The minimum atomic E-state index is -3.37. The Morgan fingerprint density at radius 1 is 1.12 bits per heavy atom. The van der Waals surface area contributed by atoms with Crippen molar-refractivity contribution in [1.29, 1.82) is 0 Å². The zero-order valence-corrected chi connectivity index (χ0v) is 14.5. The van der Waals surface area contributed by atoms with E-state index in [0.717, 1.165) is 12.8 Å².